The minimum atomic E-state index is -0.449. The van der Waals surface area contributed by atoms with Crippen molar-refractivity contribution in [1.29, 1.82) is 0 Å². The minimum absolute atomic E-state index is 0.206. The summed E-state index contributed by atoms with van der Waals surface area (Å²) in [7, 11) is 0. The maximum absolute atomic E-state index is 13.2. The molecule has 0 bridgehead atoms. The summed E-state index contributed by atoms with van der Waals surface area (Å²) in [5, 5.41) is 2.63. The second kappa shape index (κ2) is 6.92. The molecule has 0 saturated carbocycles. The maximum Gasteiger partial charge on any atom is 0.329 e. The second-order valence-electron chi connectivity index (χ2n) is 6.14. The molecule has 1 N–H and O–H groups in total. The van der Waals surface area contributed by atoms with Gasteiger partial charge in [-0.1, -0.05) is 30.3 Å². The van der Waals surface area contributed by atoms with Crippen LogP contribution in [0, 0.1) is 5.82 Å². The predicted molar refractivity (Wildman–Crippen MR) is 99.2 cm³/mol. The van der Waals surface area contributed by atoms with Gasteiger partial charge in [0.1, 0.15) is 11.5 Å². The van der Waals surface area contributed by atoms with Gasteiger partial charge in [-0.25, -0.2) is 9.18 Å². The third-order valence-corrected chi connectivity index (χ3v) is 4.32. The number of benzene rings is 2. The Balaban J connectivity index is 1.60. The van der Waals surface area contributed by atoms with E-state index >= 15 is 0 Å². The zero-order chi connectivity index (χ0) is 18.8. The van der Waals surface area contributed by atoms with Crippen LogP contribution in [0.1, 0.15) is 11.3 Å². The van der Waals surface area contributed by atoms with Crippen LogP contribution in [-0.2, 0) is 11.3 Å². The number of nitrogens with one attached hydrogen (secondary N) is 1. The molecule has 1 aromatic heterocycles. The van der Waals surface area contributed by atoms with Gasteiger partial charge < -0.3 is 9.88 Å². The highest BCUT2D eigenvalue weighted by molar-refractivity contribution is 6.13. The molecule has 134 valence electrons. The standard InChI is InChI=1S/C21H16FN3O2/c22-16-8-10-17(11-9-16)24-12-4-7-18(24)13-19-20(26)25(21(27)23-19)14-15-5-2-1-3-6-15/h1-13H,14H2,(H,23,27). The fourth-order valence-electron chi connectivity index (χ4n) is 2.98. The largest absolute Gasteiger partial charge is 0.329 e. The van der Waals surface area contributed by atoms with Crippen LogP contribution in [0.5, 0.6) is 0 Å². The maximum atomic E-state index is 13.2. The number of halogens is 1. The first-order valence-corrected chi connectivity index (χ1v) is 8.43. The van der Waals surface area contributed by atoms with E-state index in [-0.39, 0.29) is 24.0 Å². The summed E-state index contributed by atoms with van der Waals surface area (Å²) < 4.78 is 15.0. The monoisotopic (exact) mass is 361 g/mol. The summed E-state index contributed by atoms with van der Waals surface area (Å²) in [5.74, 6) is -0.698. The van der Waals surface area contributed by atoms with Gasteiger partial charge in [0.2, 0.25) is 0 Å². The molecule has 2 aromatic carbocycles. The molecule has 0 aliphatic carbocycles. The topological polar surface area (TPSA) is 54.3 Å². The average Bonchev–Trinajstić information content (AvgIpc) is 3.24. The molecule has 1 aliphatic heterocycles. The van der Waals surface area contributed by atoms with Crippen LogP contribution in [0.2, 0.25) is 0 Å². The SMILES string of the molecule is O=C1NC(=Cc2cccn2-c2ccc(F)cc2)C(=O)N1Cc1ccccc1. The molecule has 0 radical (unpaired) electrons. The summed E-state index contributed by atoms with van der Waals surface area (Å²) in [6.45, 7) is 0.210. The predicted octanol–water partition coefficient (Wildman–Crippen LogP) is 3.71. The van der Waals surface area contributed by atoms with E-state index in [2.05, 4.69) is 5.32 Å². The molecule has 0 spiro atoms. The molecular weight excluding hydrogens is 345 g/mol. The van der Waals surface area contributed by atoms with Crippen molar-refractivity contribution >= 4 is 18.0 Å². The smallest absolute Gasteiger partial charge is 0.317 e. The number of aromatic nitrogens is 1. The van der Waals surface area contributed by atoms with Crippen LogP contribution in [0.3, 0.4) is 0 Å². The second-order valence-corrected chi connectivity index (χ2v) is 6.14. The number of rotatable bonds is 4. The lowest BCUT2D eigenvalue weighted by molar-refractivity contribution is -0.123. The normalized spacial score (nSPS) is 15.4. The first-order chi connectivity index (χ1) is 13.1. The molecule has 6 heteroatoms. The number of amides is 3. The third-order valence-electron chi connectivity index (χ3n) is 4.32. The molecule has 1 saturated heterocycles. The van der Waals surface area contributed by atoms with Crippen molar-refractivity contribution in [3.8, 4) is 5.69 Å². The van der Waals surface area contributed by atoms with Crippen LogP contribution in [-0.4, -0.2) is 21.4 Å². The highest BCUT2D eigenvalue weighted by Gasteiger charge is 2.33. The van der Waals surface area contributed by atoms with Crippen LogP contribution in [0.25, 0.3) is 11.8 Å². The van der Waals surface area contributed by atoms with Crippen molar-refractivity contribution < 1.29 is 14.0 Å². The Hall–Kier alpha value is -3.67. The molecule has 0 unspecified atom stereocenters. The van der Waals surface area contributed by atoms with Crippen LogP contribution >= 0.6 is 0 Å². The lowest BCUT2D eigenvalue weighted by atomic mass is 10.2. The van der Waals surface area contributed by atoms with E-state index in [0.29, 0.717) is 5.69 Å². The van der Waals surface area contributed by atoms with Gasteiger partial charge in [0.15, 0.2) is 0 Å². The van der Waals surface area contributed by atoms with Crippen LogP contribution in [0.4, 0.5) is 9.18 Å². The van der Waals surface area contributed by atoms with Gasteiger partial charge in [-0.3, -0.25) is 9.69 Å². The molecule has 27 heavy (non-hydrogen) atoms. The zero-order valence-corrected chi connectivity index (χ0v) is 14.3. The third kappa shape index (κ3) is 3.37. The molecule has 0 atom stereocenters. The lowest BCUT2D eigenvalue weighted by Gasteiger charge is -2.11. The Morgan fingerprint density at radius 1 is 0.926 bits per heavy atom. The summed E-state index contributed by atoms with van der Waals surface area (Å²) >= 11 is 0. The van der Waals surface area contributed by atoms with E-state index in [0.717, 1.165) is 11.3 Å². The first-order valence-electron chi connectivity index (χ1n) is 8.43. The Bertz CT molecular complexity index is 1020. The van der Waals surface area contributed by atoms with Crippen molar-refractivity contribution in [3.05, 3.63) is 95.7 Å². The van der Waals surface area contributed by atoms with Gasteiger partial charge in [0.05, 0.1) is 6.54 Å². The van der Waals surface area contributed by atoms with E-state index in [1.807, 2.05) is 53.2 Å². The first kappa shape index (κ1) is 16.8. The van der Waals surface area contributed by atoms with Crippen LogP contribution < -0.4 is 5.32 Å². The number of hydrogen-bond donors (Lipinski definition) is 1. The highest BCUT2D eigenvalue weighted by Crippen LogP contribution is 2.20. The Labute approximate surface area is 155 Å². The van der Waals surface area contributed by atoms with Crippen molar-refractivity contribution in [2.75, 3.05) is 0 Å². The Kier molecular flexibility index (Phi) is 4.30. The molecule has 4 rings (SSSR count). The number of carbonyl (C=O) groups is 2. The van der Waals surface area contributed by atoms with Gasteiger partial charge >= 0.3 is 6.03 Å². The number of hydrogen-bond acceptors (Lipinski definition) is 2. The molecular formula is C21H16FN3O2. The molecule has 3 aromatic rings. The zero-order valence-electron chi connectivity index (χ0n) is 14.3. The number of carbonyl (C=O) groups excluding carboxylic acids is 2. The Morgan fingerprint density at radius 3 is 2.41 bits per heavy atom. The fraction of sp³-hybridized carbons (Fsp3) is 0.0476. The number of urea groups is 1. The molecule has 5 nitrogen and oxygen atoms in total. The summed E-state index contributed by atoms with van der Waals surface area (Å²) in [4.78, 5) is 26.1. The highest BCUT2D eigenvalue weighted by atomic mass is 19.1. The molecule has 1 fully saturated rings. The summed E-state index contributed by atoms with van der Waals surface area (Å²) in [5.41, 5.74) is 2.54. The van der Waals surface area contributed by atoms with Gasteiger partial charge in [0, 0.05) is 17.6 Å². The van der Waals surface area contributed by atoms with Crippen LogP contribution in [0.15, 0.2) is 78.6 Å². The van der Waals surface area contributed by atoms with Gasteiger partial charge in [-0.05, 0) is 48.0 Å². The lowest BCUT2D eigenvalue weighted by Crippen LogP contribution is -2.30. The van der Waals surface area contributed by atoms with Crippen molar-refractivity contribution in [3.63, 3.8) is 0 Å². The van der Waals surface area contributed by atoms with Gasteiger partial charge in [-0.15, -0.1) is 0 Å². The van der Waals surface area contributed by atoms with E-state index in [9.17, 15) is 14.0 Å². The summed E-state index contributed by atoms with van der Waals surface area (Å²) in [6.07, 6.45) is 3.43. The van der Waals surface area contributed by atoms with E-state index < -0.39 is 6.03 Å². The number of imide groups is 1. The number of nitrogens with zero attached hydrogens (tertiary/aromatic N) is 2. The van der Waals surface area contributed by atoms with E-state index in [4.69, 9.17) is 0 Å². The quantitative estimate of drug-likeness (QED) is 0.569. The average molecular weight is 361 g/mol. The molecule has 2 heterocycles. The minimum Gasteiger partial charge on any atom is -0.317 e. The van der Waals surface area contributed by atoms with Gasteiger partial charge in [0.25, 0.3) is 5.91 Å². The summed E-state index contributed by atoms with van der Waals surface area (Å²) in [6, 6.07) is 18.5. The molecule has 1 aliphatic rings. The van der Waals surface area contributed by atoms with Crippen molar-refractivity contribution in [2.45, 2.75) is 6.54 Å². The van der Waals surface area contributed by atoms with E-state index in [1.165, 1.54) is 17.0 Å². The Morgan fingerprint density at radius 2 is 1.67 bits per heavy atom. The van der Waals surface area contributed by atoms with Crippen molar-refractivity contribution in [1.82, 2.24) is 14.8 Å². The molecule has 3 amide bonds. The van der Waals surface area contributed by atoms with Crippen molar-refractivity contribution in [2.24, 2.45) is 0 Å². The van der Waals surface area contributed by atoms with Gasteiger partial charge in [-0.2, -0.15) is 0 Å². The fourth-order valence-corrected chi connectivity index (χ4v) is 2.98. The van der Waals surface area contributed by atoms with E-state index in [1.54, 1.807) is 18.2 Å².